The number of nitrogens with one attached hydrogen (secondary N) is 1. The van der Waals surface area contributed by atoms with Crippen LogP contribution in [0.25, 0.3) is 0 Å². The molecule has 1 aliphatic carbocycles. The molecule has 1 fully saturated rings. The lowest BCUT2D eigenvalue weighted by atomic mass is 9.79. The molecule has 1 aromatic heterocycles. The number of rotatable bonds is 5. The molecule has 0 saturated heterocycles. The van der Waals surface area contributed by atoms with Gasteiger partial charge in [-0.25, -0.2) is 0 Å². The van der Waals surface area contributed by atoms with E-state index in [9.17, 15) is 14.7 Å². The predicted molar refractivity (Wildman–Crippen MR) is 99.2 cm³/mol. The highest BCUT2D eigenvalue weighted by Gasteiger charge is 2.35. The number of halogens is 1. The first-order valence-electron chi connectivity index (χ1n) is 8.76. The number of hydrogen-bond donors (Lipinski definition) is 2. The van der Waals surface area contributed by atoms with Crippen molar-refractivity contribution < 1.29 is 14.7 Å². The fourth-order valence-corrected chi connectivity index (χ4v) is 3.58. The van der Waals surface area contributed by atoms with Gasteiger partial charge < -0.3 is 10.4 Å². The summed E-state index contributed by atoms with van der Waals surface area (Å²) in [6.45, 7) is 2.49. The zero-order valence-corrected chi connectivity index (χ0v) is 15.4. The molecule has 3 rings (SSSR count). The highest BCUT2D eigenvalue weighted by atomic mass is 35.5. The Kier molecular flexibility index (Phi) is 5.61. The van der Waals surface area contributed by atoms with E-state index in [4.69, 9.17) is 11.6 Å². The van der Waals surface area contributed by atoms with Crippen molar-refractivity contribution in [2.24, 2.45) is 11.8 Å². The molecule has 2 N–H and O–H groups in total. The van der Waals surface area contributed by atoms with Gasteiger partial charge in [0.15, 0.2) is 5.82 Å². The van der Waals surface area contributed by atoms with Crippen molar-refractivity contribution in [1.82, 2.24) is 9.78 Å². The third-order valence-corrected chi connectivity index (χ3v) is 5.15. The molecule has 0 spiro atoms. The molecule has 0 unspecified atom stereocenters. The molecular weight excluding hydrogens is 354 g/mol. The summed E-state index contributed by atoms with van der Waals surface area (Å²) in [7, 11) is 0. The van der Waals surface area contributed by atoms with Gasteiger partial charge in [0.2, 0.25) is 5.91 Å². The molecule has 138 valence electrons. The highest BCUT2D eigenvalue weighted by molar-refractivity contribution is 6.30. The quantitative estimate of drug-likeness (QED) is 0.834. The molecule has 0 aliphatic heterocycles. The lowest BCUT2D eigenvalue weighted by Crippen LogP contribution is -2.36. The SMILES string of the molecule is Cc1cc(NC(=O)[C@H]2CCCC[C@@H]2C(=O)O)nn1Cc1ccc(Cl)cc1. The summed E-state index contributed by atoms with van der Waals surface area (Å²) in [5, 5.41) is 17.3. The van der Waals surface area contributed by atoms with Crippen molar-refractivity contribution in [3.05, 3.63) is 46.6 Å². The van der Waals surface area contributed by atoms with Gasteiger partial charge in [0.25, 0.3) is 0 Å². The normalized spacial score (nSPS) is 19.9. The maximum atomic E-state index is 12.6. The number of anilines is 1. The van der Waals surface area contributed by atoms with Crippen LogP contribution in [0.3, 0.4) is 0 Å². The number of carbonyl (C=O) groups is 2. The molecule has 6 nitrogen and oxygen atoms in total. The number of carbonyl (C=O) groups excluding carboxylic acids is 1. The maximum absolute atomic E-state index is 12.6. The smallest absolute Gasteiger partial charge is 0.307 e. The Labute approximate surface area is 157 Å². The van der Waals surface area contributed by atoms with Gasteiger partial charge in [-0.1, -0.05) is 36.6 Å². The average Bonchev–Trinajstić information content (AvgIpc) is 2.96. The van der Waals surface area contributed by atoms with Gasteiger partial charge in [-0.15, -0.1) is 0 Å². The van der Waals surface area contributed by atoms with Crippen molar-refractivity contribution in [3.63, 3.8) is 0 Å². The molecular formula is C19H22ClN3O3. The number of nitrogens with zero attached hydrogens (tertiary/aromatic N) is 2. The largest absolute Gasteiger partial charge is 0.481 e. The van der Waals surface area contributed by atoms with Crippen LogP contribution in [0.15, 0.2) is 30.3 Å². The van der Waals surface area contributed by atoms with Crippen molar-refractivity contribution in [2.75, 3.05) is 5.32 Å². The molecule has 2 aromatic rings. The first-order chi connectivity index (χ1) is 12.4. The zero-order chi connectivity index (χ0) is 18.7. The summed E-state index contributed by atoms with van der Waals surface area (Å²) in [5.41, 5.74) is 1.96. The van der Waals surface area contributed by atoms with Crippen LogP contribution in [-0.2, 0) is 16.1 Å². The summed E-state index contributed by atoms with van der Waals surface area (Å²) in [5.74, 6) is -1.80. The number of benzene rings is 1. The lowest BCUT2D eigenvalue weighted by Gasteiger charge is -2.27. The van der Waals surface area contributed by atoms with E-state index in [0.717, 1.165) is 24.1 Å². The van der Waals surface area contributed by atoms with Crippen LogP contribution in [0.4, 0.5) is 5.82 Å². The van der Waals surface area contributed by atoms with E-state index in [1.54, 1.807) is 10.7 Å². The van der Waals surface area contributed by atoms with Crippen LogP contribution < -0.4 is 5.32 Å². The van der Waals surface area contributed by atoms with Crippen molar-refractivity contribution in [3.8, 4) is 0 Å². The van der Waals surface area contributed by atoms with Gasteiger partial charge in [-0.2, -0.15) is 5.10 Å². The minimum atomic E-state index is -0.894. The van der Waals surface area contributed by atoms with E-state index in [1.165, 1.54) is 0 Å². The zero-order valence-electron chi connectivity index (χ0n) is 14.6. The van der Waals surface area contributed by atoms with Crippen LogP contribution in [0, 0.1) is 18.8 Å². The second-order valence-corrected chi connectivity index (χ2v) is 7.22. The minimum Gasteiger partial charge on any atom is -0.481 e. The third kappa shape index (κ3) is 4.25. The summed E-state index contributed by atoms with van der Waals surface area (Å²) < 4.78 is 1.80. The molecule has 0 bridgehead atoms. The Morgan fingerprint density at radius 2 is 1.88 bits per heavy atom. The fraction of sp³-hybridized carbons (Fsp3) is 0.421. The van der Waals surface area contributed by atoms with E-state index in [-0.39, 0.29) is 5.91 Å². The van der Waals surface area contributed by atoms with Gasteiger partial charge in [0.05, 0.1) is 18.4 Å². The second-order valence-electron chi connectivity index (χ2n) is 6.78. The molecule has 2 atom stereocenters. The van der Waals surface area contributed by atoms with Crippen LogP contribution >= 0.6 is 11.6 Å². The van der Waals surface area contributed by atoms with E-state index in [2.05, 4.69) is 10.4 Å². The lowest BCUT2D eigenvalue weighted by molar-refractivity contribution is -0.147. The van der Waals surface area contributed by atoms with E-state index in [1.807, 2.05) is 31.2 Å². The summed E-state index contributed by atoms with van der Waals surface area (Å²) >= 11 is 5.90. The monoisotopic (exact) mass is 375 g/mol. The maximum Gasteiger partial charge on any atom is 0.307 e. The number of carboxylic acids is 1. The minimum absolute atomic E-state index is 0.256. The van der Waals surface area contributed by atoms with E-state index < -0.39 is 17.8 Å². The summed E-state index contributed by atoms with van der Waals surface area (Å²) in [4.78, 5) is 24.0. The molecule has 1 aliphatic rings. The summed E-state index contributed by atoms with van der Waals surface area (Å²) in [6.07, 6.45) is 2.90. The standard InChI is InChI=1S/C19H22ClN3O3/c1-12-10-17(22-23(12)11-13-6-8-14(20)9-7-13)21-18(24)15-4-2-3-5-16(15)19(25)26/h6-10,15-16H,2-5,11H2,1H3,(H,25,26)(H,21,22,24)/t15-,16-/m0/s1. The molecule has 1 aromatic carbocycles. The number of hydrogen-bond acceptors (Lipinski definition) is 3. The van der Waals surface area contributed by atoms with Crippen molar-refractivity contribution in [1.29, 1.82) is 0 Å². The van der Waals surface area contributed by atoms with Crippen LogP contribution in [0.1, 0.15) is 36.9 Å². The number of aryl methyl sites for hydroxylation is 1. The second kappa shape index (κ2) is 7.91. The van der Waals surface area contributed by atoms with Crippen molar-refractivity contribution >= 4 is 29.3 Å². The van der Waals surface area contributed by atoms with Gasteiger partial charge in [0, 0.05) is 16.8 Å². The molecule has 1 saturated carbocycles. The Bertz CT molecular complexity index is 801. The number of amides is 1. The van der Waals surface area contributed by atoms with Crippen LogP contribution in [0.2, 0.25) is 5.02 Å². The Morgan fingerprint density at radius 3 is 2.54 bits per heavy atom. The third-order valence-electron chi connectivity index (χ3n) is 4.90. The van der Waals surface area contributed by atoms with E-state index >= 15 is 0 Å². The van der Waals surface area contributed by atoms with E-state index in [0.29, 0.717) is 30.2 Å². The molecule has 7 heteroatoms. The van der Waals surface area contributed by atoms with Gasteiger partial charge in [-0.05, 0) is 37.5 Å². The first kappa shape index (κ1) is 18.5. The van der Waals surface area contributed by atoms with Crippen LogP contribution in [-0.4, -0.2) is 26.8 Å². The predicted octanol–water partition coefficient (Wildman–Crippen LogP) is 3.72. The highest BCUT2D eigenvalue weighted by Crippen LogP contribution is 2.31. The molecule has 26 heavy (non-hydrogen) atoms. The topological polar surface area (TPSA) is 84.2 Å². The van der Waals surface area contributed by atoms with Crippen LogP contribution in [0.5, 0.6) is 0 Å². The number of carboxylic acid groups (broad SMARTS) is 1. The Balaban J connectivity index is 1.69. The first-order valence-corrected chi connectivity index (χ1v) is 9.14. The Hall–Kier alpha value is -2.34. The van der Waals surface area contributed by atoms with Gasteiger partial charge in [-0.3, -0.25) is 14.3 Å². The number of aliphatic carboxylic acids is 1. The Morgan fingerprint density at radius 1 is 1.23 bits per heavy atom. The van der Waals surface area contributed by atoms with Gasteiger partial charge in [0.1, 0.15) is 0 Å². The average molecular weight is 376 g/mol. The summed E-state index contributed by atoms with van der Waals surface area (Å²) in [6, 6.07) is 9.32. The molecule has 0 radical (unpaired) electrons. The van der Waals surface area contributed by atoms with Gasteiger partial charge >= 0.3 is 5.97 Å². The van der Waals surface area contributed by atoms with Crippen molar-refractivity contribution in [2.45, 2.75) is 39.2 Å². The fourth-order valence-electron chi connectivity index (χ4n) is 3.45. The number of aromatic nitrogens is 2. The molecule has 1 amide bonds. The molecule has 1 heterocycles.